The van der Waals surface area contributed by atoms with E-state index in [9.17, 15) is 18.0 Å². The van der Waals surface area contributed by atoms with Crippen molar-refractivity contribution >= 4 is 17.4 Å². The van der Waals surface area contributed by atoms with E-state index in [2.05, 4.69) is 0 Å². The van der Waals surface area contributed by atoms with Crippen LogP contribution in [0.5, 0.6) is 0 Å². The molecule has 0 aromatic heterocycles. The number of hydrogen-bond acceptors (Lipinski definition) is 1. The van der Waals surface area contributed by atoms with E-state index in [0.29, 0.717) is 0 Å². The smallest absolute Gasteiger partial charge is 0.193 e. The zero-order valence-corrected chi connectivity index (χ0v) is 9.64. The molecule has 2 aromatic carbocycles. The largest absolute Gasteiger partial charge is 0.289 e. The first-order chi connectivity index (χ1) is 8.49. The average Bonchev–Trinajstić information content (AvgIpc) is 2.35. The van der Waals surface area contributed by atoms with Crippen LogP contribution in [0, 0.1) is 17.5 Å². The fourth-order valence-corrected chi connectivity index (χ4v) is 1.56. The Hall–Kier alpha value is -1.81. The highest BCUT2D eigenvalue weighted by Crippen LogP contribution is 2.19. The highest BCUT2D eigenvalue weighted by Gasteiger charge is 2.13. The molecular formula is C13H6ClF3O. The van der Waals surface area contributed by atoms with Crippen molar-refractivity contribution in [1.29, 1.82) is 0 Å². The van der Waals surface area contributed by atoms with Gasteiger partial charge in [-0.1, -0.05) is 11.6 Å². The molecule has 0 aliphatic rings. The van der Waals surface area contributed by atoms with Gasteiger partial charge in [0, 0.05) is 11.1 Å². The predicted molar refractivity (Wildman–Crippen MR) is 61.2 cm³/mol. The number of rotatable bonds is 2. The second-order valence-corrected chi connectivity index (χ2v) is 3.99. The lowest BCUT2D eigenvalue weighted by Crippen LogP contribution is -2.03. The van der Waals surface area contributed by atoms with Gasteiger partial charge in [-0.25, -0.2) is 13.2 Å². The Labute approximate surface area is 106 Å². The number of halogens is 4. The van der Waals surface area contributed by atoms with Gasteiger partial charge in [0.05, 0.1) is 5.02 Å². The molecule has 18 heavy (non-hydrogen) atoms. The van der Waals surface area contributed by atoms with Crippen molar-refractivity contribution in [2.45, 2.75) is 0 Å². The standard InChI is InChI=1S/C13H6ClF3O/c14-9-3-1-7(5-11(9)16)13(18)8-2-4-10(15)12(17)6-8/h1-6H. The first-order valence-corrected chi connectivity index (χ1v) is 5.31. The third-order valence-corrected chi connectivity index (χ3v) is 2.67. The molecule has 2 aromatic rings. The van der Waals surface area contributed by atoms with E-state index < -0.39 is 23.2 Å². The van der Waals surface area contributed by atoms with E-state index in [-0.39, 0.29) is 16.1 Å². The maximum absolute atomic E-state index is 13.2. The van der Waals surface area contributed by atoms with Crippen molar-refractivity contribution in [2.75, 3.05) is 0 Å². The molecule has 0 unspecified atom stereocenters. The van der Waals surface area contributed by atoms with E-state index in [1.165, 1.54) is 12.1 Å². The average molecular weight is 271 g/mol. The number of carbonyl (C=O) groups is 1. The van der Waals surface area contributed by atoms with Crippen molar-refractivity contribution in [3.05, 3.63) is 70.0 Å². The molecule has 5 heteroatoms. The van der Waals surface area contributed by atoms with Crippen LogP contribution in [-0.2, 0) is 0 Å². The van der Waals surface area contributed by atoms with Crippen molar-refractivity contribution in [3.63, 3.8) is 0 Å². The molecule has 0 radical (unpaired) electrons. The van der Waals surface area contributed by atoms with Crippen LogP contribution < -0.4 is 0 Å². The molecule has 2 rings (SSSR count). The molecule has 0 saturated heterocycles. The Morgan fingerprint density at radius 2 is 1.39 bits per heavy atom. The molecule has 0 saturated carbocycles. The second-order valence-electron chi connectivity index (χ2n) is 3.59. The summed E-state index contributed by atoms with van der Waals surface area (Å²) in [5.74, 6) is -3.53. The fourth-order valence-electron chi connectivity index (χ4n) is 1.44. The Morgan fingerprint density at radius 3 is 1.94 bits per heavy atom. The Balaban J connectivity index is 2.41. The van der Waals surface area contributed by atoms with Gasteiger partial charge in [-0.3, -0.25) is 4.79 Å². The molecule has 0 fully saturated rings. The van der Waals surface area contributed by atoms with E-state index in [1.807, 2.05) is 0 Å². The van der Waals surface area contributed by atoms with Crippen LogP contribution in [0.25, 0.3) is 0 Å². The summed E-state index contributed by atoms with van der Waals surface area (Å²) in [6.07, 6.45) is 0. The molecule has 0 aliphatic heterocycles. The normalized spacial score (nSPS) is 10.4. The zero-order valence-electron chi connectivity index (χ0n) is 8.88. The van der Waals surface area contributed by atoms with Gasteiger partial charge in [0.25, 0.3) is 0 Å². The SMILES string of the molecule is O=C(c1ccc(F)c(F)c1)c1ccc(Cl)c(F)c1. The van der Waals surface area contributed by atoms with Gasteiger partial charge < -0.3 is 0 Å². The third-order valence-electron chi connectivity index (χ3n) is 2.36. The maximum Gasteiger partial charge on any atom is 0.193 e. The lowest BCUT2D eigenvalue weighted by Gasteiger charge is -2.03. The highest BCUT2D eigenvalue weighted by molar-refractivity contribution is 6.30. The molecule has 0 aliphatic carbocycles. The molecular weight excluding hydrogens is 265 g/mol. The van der Waals surface area contributed by atoms with Crippen LogP contribution in [0.15, 0.2) is 36.4 Å². The molecule has 0 heterocycles. The van der Waals surface area contributed by atoms with Crippen LogP contribution in [0.3, 0.4) is 0 Å². The van der Waals surface area contributed by atoms with Crippen molar-refractivity contribution in [1.82, 2.24) is 0 Å². The minimum absolute atomic E-state index is 0.0166. The Bertz CT molecular complexity index is 572. The summed E-state index contributed by atoms with van der Waals surface area (Å²) in [6.45, 7) is 0. The van der Waals surface area contributed by atoms with Gasteiger partial charge in [-0.05, 0) is 36.4 Å². The second kappa shape index (κ2) is 4.82. The van der Waals surface area contributed by atoms with Crippen molar-refractivity contribution < 1.29 is 18.0 Å². The zero-order chi connectivity index (χ0) is 13.3. The van der Waals surface area contributed by atoms with Gasteiger partial charge >= 0.3 is 0 Å². The first kappa shape index (κ1) is 12.6. The van der Waals surface area contributed by atoms with E-state index in [1.54, 1.807) is 0 Å². The topological polar surface area (TPSA) is 17.1 Å². The molecule has 0 atom stereocenters. The predicted octanol–water partition coefficient (Wildman–Crippen LogP) is 3.99. The highest BCUT2D eigenvalue weighted by atomic mass is 35.5. The molecule has 0 amide bonds. The van der Waals surface area contributed by atoms with Gasteiger partial charge in [-0.2, -0.15) is 0 Å². The van der Waals surface area contributed by atoms with E-state index in [4.69, 9.17) is 11.6 Å². The molecule has 0 bridgehead atoms. The lowest BCUT2D eigenvalue weighted by atomic mass is 10.0. The minimum atomic E-state index is -1.13. The maximum atomic E-state index is 13.2. The molecule has 1 nitrogen and oxygen atoms in total. The Kier molecular flexibility index (Phi) is 3.39. The molecule has 92 valence electrons. The van der Waals surface area contributed by atoms with Gasteiger partial charge in [0.2, 0.25) is 0 Å². The monoisotopic (exact) mass is 270 g/mol. The summed E-state index contributed by atoms with van der Waals surface area (Å²) in [7, 11) is 0. The first-order valence-electron chi connectivity index (χ1n) is 4.94. The summed E-state index contributed by atoms with van der Waals surface area (Å²) in [5, 5.41) is -0.114. The summed E-state index contributed by atoms with van der Waals surface area (Å²) in [5.41, 5.74) is -0.0430. The number of benzene rings is 2. The quantitative estimate of drug-likeness (QED) is 0.754. The van der Waals surface area contributed by atoms with Crippen LogP contribution in [-0.4, -0.2) is 5.78 Å². The summed E-state index contributed by atoms with van der Waals surface area (Å²) < 4.78 is 38.9. The Morgan fingerprint density at radius 1 is 0.833 bits per heavy atom. The minimum Gasteiger partial charge on any atom is -0.289 e. The number of ketones is 1. The molecule has 0 spiro atoms. The summed E-state index contributed by atoms with van der Waals surface area (Å²) in [6, 6.07) is 6.23. The van der Waals surface area contributed by atoms with Crippen LogP contribution in [0.2, 0.25) is 5.02 Å². The van der Waals surface area contributed by atoms with E-state index >= 15 is 0 Å². The summed E-state index contributed by atoms with van der Waals surface area (Å²) >= 11 is 5.48. The third kappa shape index (κ3) is 2.38. The number of hydrogen-bond donors (Lipinski definition) is 0. The molecule has 0 N–H and O–H groups in total. The van der Waals surface area contributed by atoms with Crippen LogP contribution >= 0.6 is 11.6 Å². The summed E-state index contributed by atoms with van der Waals surface area (Å²) in [4.78, 5) is 11.9. The number of carbonyl (C=O) groups excluding carboxylic acids is 1. The van der Waals surface area contributed by atoms with Gasteiger partial charge in [0.1, 0.15) is 5.82 Å². The fraction of sp³-hybridized carbons (Fsp3) is 0. The van der Waals surface area contributed by atoms with Gasteiger partial charge in [0.15, 0.2) is 17.4 Å². The lowest BCUT2D eigenvalue weighted by molar-refractivity contribution is 0.103. The van der Waals surface area contributed by atoms with Gasteiger partial charge in [-0.15, -0.1) is 0 Å². The van der Waals surface area contributed by atoms with Crippen molar-refractivity contribution in [3.8, 4) is 0 Å². The van der Waals surface area contributed by atoms with Crippen molar-refractivity contribution in [2.24, 2.45) is 0 Å². The van der Waals surface area contributed by atoms with Crippen LogP contribution in [0.4, 0.5) is 13.2 Å². The van der Waals surface area contributed by atoms with Crippen LogP contribution in [0.1, 0.15) is 15.9 Å². The van der Waals surface area contributed by atoms with E-state index in [0.717, 1.165) is 24.3 Å².